The molecule has 0 saturated carbocycles. The Morgan fingerprint density at radius 1 is 1.15 bits per heavy atom. The maximum absolute atomic E-state index is 13.5. The molecule has 0 unspecified atom stereocenters. The molecule has 3 rings (SSSR count). The van der Waals surface area contributed by atoms with Crippen LogP contribution in [-0.4, -0.2) is 58.2 Å². The Hall–Kier alpha value is -3.14. The van der Waals surface area contributed by atoms with Crippen LogP contribution in [-0.2, 0) is 18.3 Å². The molecule has 1 N–H and O–H groups in total. The van der Waals surface area contributed by atoms with Gasteiger partial charge in [0.1, 0.15) is 16.6 Å². The van der Waals surface area contributed by atoms with Crippen molar-refractivity contribution in [3.63, 3.8) is 0 Å². The van der Waals surface area contributed by atoms with Gasteiger partial charge >= 0.3 is 0 Å². The van der Waals surface area contributed by atoms with Gasteiger partial charge in [0.2, 0.25) is 5.91 Å². The molecule has 1 amide bonds. The summed E-state index contributed by atoms with van der Waals surface area (Å²) in [6.45, 7) is 6.80. The highest BCUT2D eigenvalue weighted by atomic mass is 35.5. The Balaban J connectivity index is 1.78. The third-order valence-corrected chi connectivity index (χ3v) is 7.02. The maximum Gasteiger partial charge on any atom is 0.296 e. The zero-order valence-electron chi connectivity index (χ0n) is 23.9. The number of aromatic nitrogens is 3. The van der Waals surface area contributed by atoms with Crippen molar-refractivity contribution in [1.82, 2.24) is 19.2 Å². The van der Waals surface area contributed by atoms with Crippen molar-refractivity contribution in [3.05, 3.63) is 68.2 Å². The van der Waals surface area contributed by atoms with Crippen LogP contribution in [0.15, 0.2) is 41.2 Å². The van der Waals surface area contributed by atoms with Crippen LogP contribution in [0.25, 0.3) is 5.82 Å². The molecule has 216 valence electrons. The SMILES string of the molecule is CCOc1ccc(Cl)cc1C(=O)CCC(C)(C)CC(=O)Nc1c(CCN(C)C)n(C)n(-c2cccc(Cl)n2)c1=O. The molecule has 1 aromatic carbocycles. The van der Waals surface area contributed by atoms with Gasteiger partial charge in [0.05, 0.1) is 17.9 Å². The van der Waals surface area contributed by atoms with Gasteiger partial charge in [-0.05, 0) is 63.2 Å². The smallest absolute Gasteiger partial charge is 0.296 e. The van der Waals surface area contributed by atoms with Gasteiger partial charge in [-0.25, -0.2) is 4.98 Å². The van der Waals surface area contributed by atoms with Gasteiger partial charge in [0.25, 0.3) is 5.56 Å². The first kappa shape index (κ1) is 31.4. The van der Waals surface area contributed by atoms with Crippen molar-refractivity contribution in [3.8, 4) is 11.6 Å². The highest BCUT2D eigenvalue weighted by Gasteiger charge is 2.27. The van der Waals surface area contributed by atoms with E-state index in [9.17, 15) is 14.4 Å². The van der Waals surface area contributed by atoms with Gasteiger partial charge in [0, 0.05) is 37.9 Å². The fourth-order valence-corrected chi connectivity index (χ4v) is 4.79. The number of amides is 1. The van der Waals surface area contributed by atoms with E-state index in [2.05, 4.69) is 10.3 Å². The molecule has 0 aliphatic heterocycles. The fraction of sp³-hybridized carbons (Fsp3) is 0.448. The molecular formula is C29H37Cl2N5O4. The van der Waals surface area contributed by atoms with Crippen molar-refractivity contribution in [1.29, 1.82) is 0 Å². The van der Waals surface area contributed by atoms with E-state index >= 15 is 0 Å². The number of halogens is 2. The first-order valence-electron chi connectivity index (χ1n) is 13.2. The van der Waals surface area contributed by atoms with E-state index in [0.29, 0.717) is 53.8 Å². The van der Waals surface area contributed by atoms with Crippen molar-refractivity contribution < 1.29 is 14.3 Å². The van der Waals surface area contributed by atoms with Crippen LogP contribution >= 0.6 is 23.2 Å². The summed E-state index contributed by atoms with van der Waals surface area (Å²) in [6.07, 6.45) is 1.32. The number of hydrogen-bond donors (Lipinski definition) is 1. The average Bonchev–Trinajstić information content (AvgIpc) is 3.10. The van der Waals surface area contributed by atoms with Crippen molar-refractivity contribution in [2.75, 3.05) is 32.6 Å². The molecule has 0 saturated heterocycles. The monoisotopic (exact) mass is 589 g/mol. The number of carbonyl (C=O) groups excluding carboxylic acids is 2. The molecule has 40 heavy (non-hydrogen) atoms. The lowest BCUT2D eigenvalue weighted by Crippen LogP contribution is -2.27. The number of anilines is 1. The maximum atomic E-state index is 13.5. The van der Waals surface area contributed by atoms with Gasteiger partial charge in [-0.1, -0.05) is 43.1 Å². The number of likely N-dealkylation sites (N-methyl/N-ethyl adjacent to an activating group) is 1. The second-order valence-electron chi connectivity index (χ2n) is 10.7. The van der Waals surface area contributed by atoms with E-state index in [1.54, 1.807) is 48.1 Å². The van der Waals surface area contributed by atoms with Gasteiger partial charge in [-0.2, -0.15) is 4.68 Å². The van der Waals surface area contributed by atoms with Crippen LogP contribution in [0.1, 0.15) is 56.1 Å². The quantitative estimate of drug-likeness (QED) is 0.212. The van der Waals surface area contributed by atoms with Crippen molar-refractivity contribution in [2.45, 2.75) is 46.5 Å². The highest BCUT2D eigenvalue weighted by molar-refractivity contribution is 6.31. The lowest BCUT2D eigenvalue weighted by Gasteiger charge is -2.23. The summed E-state index contributed by atoms with van der Waals surface area (Å²) in [5.41, 5.74) is 0.404. The lowest BCUT2D eigenvalue weighted by atomic mass is 9.82. The van der Waals surface area contributed by atoms with E-state index < -0.39 is 11.0 Å². The predicted octanol–water partition coefficient (Wildman–Crippen LogP) is 5.40. The number of ether oxygens (including phenoxy) is 1. The van der Waals surface area contributed by atoms with Crippen LogP contribution in [0.3, 0.4) is 0 Å². The van der Waals surface area contributed by atoms with Crippen LogP contribution in [0, 0.1) is 5.41 Å². The lowest BCUT2D eigenvalue weighted by molar-refractivity contribution is -0.118. The van der Waals surface area contributed by atoms with Gasteiger partial charge in [-0.3, -0.25) is 19.1 Å². The minimum atomic E-state index is -0.518. The molecule has 0 spiro atoms. The Labute approximate surface area is 245 Å². The molecule has 0 aliphatic rings. The standard InChI is InChI=1S/C29H37Cl2N5O4/c1-7-40-23-12-11-19(30)17-20(23)22(37)13-15-29(2,3)18-26(38)33-27-21(14-16-34(4)5)35(6)36(28(27)39)25-10-8-9-24(31)32-25/h8-12,17H,7,13-16,18H2,1-6H3,(H,33,38). The molecule has 9 nitrogen and oxygen atoms in total. The van der Waals surface area contributed by atoms with E-state index in [4.69, 9.17) is 27.9 Å². The van der Waals surface area contributed by atoms with E-state index in [1.165, 1.54) is 4.68 Å². The number of hydrogen-bond acceptors (Lipinski definition) is 6. The topological polar surface area (TPSA) is 98.5 Å². The fourth-order valence-electron chi connectivity index (χ4n) is 4.46. The number of benzene rings is 1. The number of Topliss-reactive ketones (excluding diaryl/α,β-unsaturated/α-hetero) is 1. The molecule has 11 heteroatoms. The van der Waals surface area contributed by atoms with Gasteiger partial charge in [0.15, 0.2) is 11.6 Å². The van der Waals surface area contributed by atoms with Gasteiger partial charge in [-0.15, -0.1) is 0 Å². The summed E-state index contributed by atoms with van der Waals surface area (Å²) in [6, 6.07) is 10.0. The average molecular weight is 591 g/mol. The Morgan fingerprint density at radius 3 is 2.52 bits per heavy atom. The Morgan fingerprint density at radius 2 is 1.88 bits per heavy atom. The molecule has 0 bridgehead atoms. The zero-order valence-corrected chi connectivity index (χ0v) is 25.4. The van der Waals surface area contributed by atoms with Crippen LogP contribution < -0.4 is 15.6 Å². The number of nitrogens with one attached hydrogen (secondary N) is 1. The zero-order chi connectivity index (χ0) is 29.6. The minimum Gasteiger partial charge on any atom is -0.493 e. The summed E-state index contributed by atoms with van der Waals surface area (Å²) in [5.74, 6) is 0.436. The minimum absolute atomic E-state index is 0.106. The number of nitrogens with zero attached hydrogens (tertiary/aromatic N) is 4. The molecule has 0 fully saturated rings. The summed E-state index contributed by atoms with van der Waals surface area (Å²) >= 11 is 12.2. The third-order valence-electron chi connectivity index (χ3n) is 6.57. The van der Waals surface area contributed by atoms with Gasteiger partial charge < -0.3 is 15.0 Å². The molecule has 0 atom stereocenters. The molecular weight excluding hydrogens is 553 g/mol. The normalized spacial score (nSPS) is 11.6. The largest absolute Gasteiger partial charge is 0.493 e. The Bertz CT molecular complexity index is 1430. The second-order valence-corrected chi connectivity index (χ2v) is 11.5. The summed E-state index contributed by atoms with van der Waals surface area (Å²) in [7, 11) is 5.64. The first-order chi connectivity index (χ1) is 18.8. The second kappa shape index (κ2) is 13.5. The van der Waals surface area contributed by atoms with Crippen LogP contribution in [0.4, 0.5) is 5.69 Å². The summed E-state index contributed by atoms with van der Waals surface area (Å²) in [5, 5.41) is 3.58. The molecule has 3 aromatic rings. The van der Waals surface area contributed by atoms with E-state index in [1.807, 2.05) is 39.8 Å². The molecule has 2 aromatic heterocycles. The van der Waals surface area contributed by atoms with Crippen LogP contribution in [0.5, 0.6) is 5.75 Å². The molecule has 0 radical (unpaired) electrons. The Kier molecular flexibility index (Phi) is 10.6. The van der Waals surface area contributed by atoms with Crippen LogP contribution in [0.2, 0.25) is 10.2 Å². The number of rotatable bonds is 13. The number of pyridine rings is 1. The number of ketones is 1. The number of carbonyl (C=O) groups is 2. The van der Waals surface area contributed by atoms with E-state index in [0.717, 1.165) is 0 Å². The van der Waals surface area contributed by atoms with E-state index in [-0.39, 0.29) is 35.4 Å². The third kappa shape index (κ3) is 7.96. The first-order valence-corrected chi connectivity index (χ1v) is 13.9. The predicted molar refractivity (Wildman–Crippen MR) is 159 cm³/mol. The molecule has 0 aliphatic carbocycles. The summed E-state index contributed by atoms with van der Waals surface area (Å²) < 4.78 is 8.69. The molecule has 2 heterocycles. The summed E-state index contributed by atoms with van der Waals surface area (Å²) in [4.78, 5) is 46.1. The highest BCUT2D eigenvalue weighted by Crippen LogP contribution is 2.31. The van der Waals surface area contributed by atoms with Crippen molar-refractivity contribution >= 4 is 40.6 Å². The van der Waals surface area contributed by atoms with Crippen molar-refractivity contribution in [2.24, 2.45) is 12.5 Å².